The van der Waals surface area contributed by atoms with Gasteiger partial charge in [-0.2, -0.15) is 0 Å². The summed E-state index contributed by atoms with van der Waals surface area (Å²) in [5.74, 6) is -0.0277. The average molecular weight is 278 g/mol. The highest BCUT2D eigenvalue weighted by Gasteiger charge is 2.04. The number of carbonyl (C=O) groups excluding carboxylic acids is 2. The van der Waals surface area contributed by atoms with Gasteiger partial charge in [-0.1, -0.05) is 12.1 Å². The van der Waals surface area contributed by atoms with Crippen molar-refractivity contribution < 1.29 is 14.3 Å². The summed E-state index contributed by atoms with van der Waals surface area (Å²) in [5, 5.41) is 5.41. The number of unbranched alkanes of at least 4 members (excludes halogenated alkanes) is 1. The number of nitrogens with one attached hydrogen (secondary N) is 2. The molecule has 0 saturated carbocycles. The molecular weight excluding hydrogens is 256 g/mol. The predicted molar refractivity (Wildman–Crippen MR) is 78.6 cm³/mol. The van der Waals surface area contributed by atoms with Gasteiger partial charge < -0.3 is 15.4 Å². The molecule has 0 fully saturated rings. The van der Waals surface area contributed by atoms with E-state index in [1.54, 1.807) is 14.2 Å². The molecular formula is C15H22N2O3. The summed E-state index contributed by atoms with van der Waals surface area (Å²) in [4.78, 5) is 22.9. The summed E-state index contributed by atoms with van der Waals surface area (Å²) in [6, 6.07) is 7.31. The van der Waals surface area contributed by atoms with E-state index < -0.39 is 0 Å². The second-order valence-corrected chi connectivity index (χ2v) is 4.54. The number of benzene rings is 1. The van der Waals surface area contributed by atoms with E-state index in [0.717, 1.165) is 24.1 Å². The molecule has 0 heterocycles. The Morgan fingerprint density at radius 1 is 1.10 bits per heavy atom. The third-order valence-electron chi connectivity index (χ3n) is 2.88. The normalized spacial score (nSPS) is 10.1. The van der Waals surface area contributed by atoms with Crippen molar-refractivity contribution in [3.05, 3.63) is 29.8 Å². The highest BCUT2D eigenvalue weighted by Crippen LogP contribution is 2.11. The maximum absolute atomic E-state index is 11.7. The van der Waals surface area contributed by atoms with Crippen molar-refractivity contribution in [2.75, 3.05) is 26.1 Å². The van der Waals surface area contributed by atoms with Crippen LogP contribution in [-0.2, 0) is 20.7 Å². The van der Waals surface area contributed by atoms with Crippen LogP contribution in [0.5, 0.6) is 0 Å². The molecule has 0 aliphatic heterocycles. The van der Waals surface area contributed by atoms with Gasteiger partial charge in [0.15, 0.2) is 0 Å². The molecule has 110 valence electrons. The van der Waals surface area contributed by atoms with E-state index >= 15 is 0 Å². The molecule has 1 rings (SSSR count). The molecule has 2 N–H and O–H groups in total. The first-order valence-electron chi connectivity index (χ1n) is 6.74. The lowest BCUT2D eigenvalue weighted by atomic mass is 10.1. The van der Waals surface area contributed by atoms with Crippen molar-refractivity contribution >= 4 is 17.5 Å². The van der Waals surface area contributed by atoms with Crippen LogP contribution >= 0.6 is 0 Å². The number of methoxy groups -OCH3 is 1. The van der Waals surface area contributed by atoms with Gasteiger partial charge in [0.25, 0.3) is 0 Å². The molecule has 0 aliphatic rings. The minimum absolute atomic E-state index is 0.000143. The minimum Gasteiger partial charge on any atom is -0.385 e. The molecule has 0 atom stereocenters. The Balaban J connectivity index is 2.37. The van der Waals surface area contributed by atoms with Crippen LogP contribution in [-0.4, -0.2) is 32.6 Å². The maximum Gasteiger partial charge on any atom is 0.224 e. The van der Waals surface area contributed by atoms with Crippen molar-refractivity contribution in [1.82, 2.24) is 5.32 Å². The molecule has 1 aromatic rings. The van der Waals surface area contributed by atoms with Gasteiger partial charge in [-0.3, -0.25) is 9.59 Å². The highest BCUT2D eigenvalue weighted by atomic mass is 16.5. The molecule has 20 heavy (non-hydrogen) atoms. The van der Waals surface area contributed by atoms with Gasteiger partial charge in [0.05, 0.1) is 6.42 Å². The van der Waals surface area contributed by atoms with Crippen LogP contribution in [0.1, 0.15) is 24.8 Å². The van der Waals surface area contributed by atoms with Gasteiger partial charge >= 0.3 is 0 Å². The Hall–Kier alpha value is -1.88. The lowest BCUT2D eigenvalue weighted by Crippen LogP contribution is -2.19. The molecule has 1 aromatic carbocycles. The smallest absolute Gasteiger partial charge is 0.224 e. The van der Waals surface area contributed by atoms with Gasteiger partial charge in [0.2, 0.25) is 11.8 Å². The summed E-state index contributed by atoms with van der Waals surface area (Å²) in [7, 11) is 3.26. The van der Waals surface area contributed by atoms with Gasteiger partial charge in [0, 0.05) is 32.9 Å². The molecule has 0 aromatic heterocycles. The van der Waals surface area contributed by atoms with E-state index in [1.165, 1.54) is 0 Å². The second kappa shape index (κ2) is 9.09. The molecule has 5 nitrogen and oxygen atoms in total. The van der Waals surface area contributed by atoms with E-state index in [0.29, 0.717) is 19.4 Å². The number of rotatable bonds is 8. The Morgan fingerprint density at radius 3 is 2.40 bits per heavy atom. The van der Waals surface area contributed by atoms with Crippen molar-refractivity contribution in [1.29, 1.82) is 0 Å². The SMILES string of the molecule is CNC(=O)Cc1ccc(NC(=O)CCCCOC)cc1. The first-order valence-corrected chi connectivity index (χ1v) is 6.74. The third kappa shape index (κ3) is 6.33. The van der Waals surface area contributed by atoms with E-state index in [-0.39, 0.29) is 11.8 Å². The average Bonchev–Trinajstić information content (AvgIpc) is 2.45. The number of ether oxygens (including phenoxy) is 1. The van der Waals surface area contributed by atoms with Crippen molar-refractivity contribution in [3.63, 3.8) is 0 Å². The fourth-order valence-corrected chi connectivity index (χ4v) is 1.74. The van der Waals surface area contributed by atoms with E-state index in [9.17, 15) is 9.59 Å². The molecule has 0 unspecified atom stereocenters. The fraction of sp³-hybridized carbons (Fsp3) is 0.467. The second-order valence-electron chi connectivity index (χ2n) is 4.54. The number of anilines is 1. The molecule has 0 bridgehead atoms. The summed E-state index contributed by atoms with van der Waals surface area (Å²) in [6.45, 7) is 0.682. The number of hydrogen-bond donors (Lipinski definition) is 2. The summed E-state index contributed by atoms with van der Waals surface area (Å²) in [6.07, 6.45) is 2.54. The van der Waals surface area contributed by atoms with Gasteiger partial charge in [-0.05, 0) is 30.5 Å². The fourth-order valence-electron chi connectivity index (χ4n) is 1.74. The zero-order chi connectivity index (χ0) is 14.8. The first-order chi connectivity index (χ1) is 9.65. The van der Waals surface area contributed by atoms with Crippen LogP contribution < -0.4 is 10.6 Å². The van der Waals surface area contributed by atoms with Gasteiger partial charge in [-0.25, -0.2) is 0 Å². The Morgan fingerprint density at radius 2 is 1.80 bits per heavy atom. The number of hydrogen-bond acceptors (Lipinski definition) is 3. The third-order valence-corrected chi connectivity index (χ3v) is 2.88. The van der Waals surface area contributed by atoms with Crippen LogP contribution in [0.25, 0.3) is 0 Å². The molecule has 0 spiro atoms. The van der Waals surface area contributed by atoms with Crippen molar-refractivity contribution in [3.8, 4) is 0 Å². The van der Waals surface area contributed by atoms with Crippen LogP contribution in [0.3, 0.4) is 0 Å². The molecule has 5 heteroatoms. The van der Waals surface area contributed by atoms with E-state index in [4.69, 9.17) is 4.74 Å². The Kier molecular flexibility index (Phi) is 7.35. The lowest BCUT2D eigenvalue weighted by Gasteiger charge is -2.06. The summed E-state index contributed by atoms with van der Waals surface area (Å²) < 4.78 is 4.93. The van der Waals surface area contributed by atoms with Crippen LogP contribution in [0.4, 0.5) is 5.69 Å². The predicted octanol–water partition coefficient (Wildman–Crippen LogP) is 1.73. The number of carbonyl (C=O) groups is 2. The van der Waals surface area contributed by atoms with E-state index in [1.807, 2.05) is 24.3 Å². The molecule has 0 radical (unpaired) electrons. The molecule has 0 saturated heterocycles. The van der Waals surface area contributed by atoms with Gasteiger partial charge in [0.1, 0.15) is 0 Å². The van der Waals surface area contributed by atoms with Crippen LogP contribution in [0, 0.1) is 0 Å². The largest absolute Gasteiger partial charge is 0.385 e. The summed E-state index contributed by atoms with van der Waals surface area (Å²) in [5.41, 5.74) is 1.67. The Labute approximate surface area is 119 Å². The zero-order valence-corrected chi connectivity index (χ0v) is 12.1. The maximum atomic E-state index is 11.7. The Bertz CT molecular complexity index is 429. The quantitative estimate of drug-likeness (QED) is 0.712. The highest BCUT2D eigenvalue weighted by molar-refractivity contribution is 5.90. The molecule has 2 amide bonds. The number of amides is 2. The first kappa shape index (κ1) is 16.2. The minimum atomic E-state index is -0.0278. The standard InChI is InChI=1S/C15H22N2O3/c1-16-15(19)11-12-6-8-13(9-7-12)17-14(18)5-3-4-10-20-2/h6-9H,3-5,10-11H2,1-2H3,(H,16,19)(H,17,18). The van der Waals surface area contributed by atoms with Crippen molar-refractivity contribution in [2.45, 2.75) is 25.7 Å². The molecule has 0 aliphatic carbocycles. The number of likely N-dealkylation sites (N-methyl/N-ethyl adjacent to an activating group) is 1. The van der Waals surface area contributed by atoms with Gasteiger partial charge in [-0.15, -0.1) is 0 Å². The summed E-state index contributed by atoms with van der Waals surface area (Å²) >= 11 is 0. The van der Waals surface area contributed by atoms with Crippen LogP contribution in [0.15, 0.2) is 24.3 Å². The van der Waals surface area contributed by atoms with E-state index in [2.05, 4.69) is 10.6 Å². The van der Waals surface area contributed by atoms with Crippen LogP contribution in [0.2, 0.25) is 0 Å². The van der Waals surface area contributed by atoms with Crippen molar-refractivity contribution in [2.24, 2.45) is 0 Å². The monoisotopic (exact) mass is 278 g/mol. The zero-order valence-electron chi connectivity index (χ0n) is 12.1. The lowest BCUT2D eigenvalue weighted by molar-refractivity contribution is -0.120. The topological polar surface area (TPSA) is 67.4 Å².